The Morgan fingerprint density at radius 2 is 1.77 bits per heavy atom. The summed E-state index contributed by atoms with van der Waals surface area (Å²) in [5.41, 5.74) is 3.05. The Bertz CT molecular complexity index is 722. The Kier molecular flexibility index (Phi) is 8.58. The summed E-state index contributed by atoms with van der Waals surface area (Å²) < 4.78 is 0. The molecule has 1 amide bonds. The second-order valence-corrected chi connectivity index (χ2v) is 8.26. The summed E-state index contributed by atoms with van der Waals surface area (Å²) >= 11 is 3.19. The molecule has 0 aliphatic heterocycles. The third-order valence-electron chi connectivity index (χ3n) is 3.64. The van der Waals surface area contributed by atoms with E-state index in [0.717, 1.165) is 22.8 Å². The van der Waals surface area contributed by atoms with Crippen LogP contribution in [0.1, 0.15) is 24.5 Å². The van der Waals surface area contributed by atoms with Gasteiger partial charge in [-0.05, 0) is 30.2 Å². The number of carboxylic acid groups (broad SMARTS) is 1. The Balaban J connectivity index is 1.80. The maximum atomic E-state index is 12.4. The second kappa shape index (κ2) is 10.9. The molecule has 1 atom stereocenters. The van der Waals surface area contributed by atoms with E-state index in [4.69, 9.17) is 5.11 Å². The summed E-state index contributed by atoms with van der Waals surface area (Å²) in [7, 11) is 0. The van der Waals surface area contributed by atoms with Crippen molar-refractivity contribution in [3.05, 3.63) is 65.7 Å². The number of carboxylic acids is 1. The molecule has 26 heavy (non-hydrogen) atoms. The number of carbonyl (C=O) groups excluding carboxylic acids is 1. The van der Waals surface area contributed by atoms with Crippen molar-refractivity contribution >= 4 is 41.1 Å². The van der Waals surface area contributed by atoms with Crippen LogP contribution >= 0.6 is 23.5 Å². The molecular formula is C20H23NO3S2. The number of amides is 1. The van der Waals surface area contributed by atoms with Gasteiger partial charge in [-0.25, -0.2) is 0 Å². The first kappa shape index (κ1) is 20.4. The number of hydrogen-bond acceptors (Lipinski definition) is 4. The van der Waals surface area contributed by atoms with Gasteiger partial charge in [0.05, 0.1) is 11.7 Å². The molecule has 2 rings (SSSR count). The Morgan fingerprint density at radius 1 is 1.04 bits per heavy atom. The van der Waals surface area contributed by atoms with Gasteiger partial charge >= 0.3 is 5.97 Å². The summed E-state index contributed by atoms with van der Waals surface area (Å²) in [5, 5.41) is 11.5. The summed E-state index contributed by atoms with van der Waals surface area (Å²) in [6, 6.07) is 17.8. The zero-order chi connectivity index (χ0) is 18.8. The molecule has 1 unspecified atom stereocenters. The molecule has 6 heteroatoms. The SMILES string of the molecule is CC(SCc1ccccc1)C(=O)Nc1cccc(CSCCC(=O)O)c1. The van der Waals surface area contributed by atoms with E-state index in [1.807, 2.05) is 49.4 Å². The van der Waals surface area contributed by atoms with Gasteiger partial charge in [0.1, 0.15) is 0 Å². The zero-order valence-electron chi connectivity index (χ0n) is 14.7. The number of thioether (sulfide) groups is 2. The molecule has 138 valence electrons. The van der Waals surface area contributed by atoms with Crippen LogP contribution in [0.25, 0.3) is 0 Å². The average Bonchev–Trinajstić information content (AvgIpc) is 2.64. The van der Waals surface area contributed by atoms with Crippen molar-refractivity contribution in [2.45, 2.75) is 30.1 Å². The molecule has 4 nitrogen and oxygen atoms in total. The molecule has 0 aromatic heterocycles. The maximum absolute atomic E-state index is 12.4. The van der Waals surface area contributed by atoms with Crippen LogP contribution in [0.15, 0.2) is 54.6 Å². The lowest BCUT2D eigenvalue weighted by atomic mass is 10.2. The van der Waals surface area contributed by atoms with Crippen LogP contribution in [0, 0.1) is 0 Å². The van der Waals surface area contributed by atoms with Gasteiger partial charge in [-0.3, -0.25) is 9.59 Å². The minimum atomic E-state index is -0.777. The summed E-state index contributed by atoms with van der Waals surface area (Å²) in [6.07, 6.45) is 0.164. The average molecular weight is 390 g/mol. The van der Waals surface area contributed by atoms with E-state index in [1.54, 1.807) is 23.5 Å². The van der Waals surface area contributed by atoms with Crippen LogP contribution in [0.4, 0.5) is 5.69 Å². The maximum Gasteiger partial charge on any atom is 0.304 e. The highest BCUT2D eigenvalue weighted by atomic mass is 32.2. The summed E-state index contributed by atoms with van der Waals surface area (Å²) in [5.74, 6) is 1.33. The van der Waals surface area contributed by atoms with Gasteiger partial charge in [-0.15, -0.1) is 11.8 Å². The van der Waals surface area contributed by atoms with Gasteiger partial charge in [0, 0.05) is 22.9 Å². The van der Waals surface area contributed by atoms with Crippen molar-refractivity contribution in [3.63, 3.8) is 0 Å². The van der Waals surface area contributed by atoms with Crippen molar-refractivity contribution in [2.75, 3.05) is 11.1 Å². The number of rotatable bonds is 10. The van der Waals surface area contributed by atoms with Crippen LogP contribution in [-0.2, 0) is 21.1 Å². The Morgan fingerprint density at radius 3 is 2.50 bits per heavy atom. The molecule has 0 saturated carbocycles. The number of aliphatic carboxylic acids is 1. The number of anilines is 1. The highest BCUT2D eigenvalue weighted by Crippen LogP contribution is 2.21. The van der Waals surface area contributed by atoms with Gasteiger partial charge in [0.2, 0.25) is 5.91 Å². The molecule has 0 fully saturated rings. The Hall–Kier alpha value is -1.92. The molecule has 0 spiro atoms. The molecule has 2 aromatic rings. The first-order chi connectivity index (χ1) is 12.5. The molecule has 0 radical (unpaired) electrons. The first-order valence-corrected chi connectivity index (χ1v) is 10.6. The monoisotopic (exact) mass is 389 g/mol. The molecule has 0 saturated heterocycles. The van der Waals surface area contributed by atoms with E-state index in [0.29, 0.717) is 5.75 Å². The molecule has 2 N–H and O–H groups in total. The summed E-state index contributed by atoms with van der Waals surface area (Å²) in [4.78, 5) is 22.9. The van der Waals surface area contributed by atoms with Gasteiger partial charge in [-0.2, -0.15) is 11.8 Å². The lowest BCUT2D eigenvalue weighted by Crippen LogP contribution is -2.22. The van der Waals surface area contributed by atoms with Gasteiger partial charge in [0.25, 0.3) is 0 Å². The van der Waals surface area contributed by atoms with Crippen LogP contribution in [0.5, 0.6) is 0 Å². The van der Waals surface area contributed by atoms with Crippen LogP contribution in [0.3, 0.4) is 0 Å². The highest BCUT2D eigenvalue weighted by Gasteiger charge is 2.13. The highest BCUT2D eigenvalue weighted by molar-refractivity contribution is 7.99. The molecule has 0 aliphatic rings. The normalized spacial score (nSPS) is 11.7. The fraction of sp³-hybridized carbons (Fsp3) is 0.300. The molecular weight excluding hydrogens is 366 g/mol. The zero-order valence-corrected chi connectivity index (χ0v) is 16.3. The van der Waals surface area contributed by atoms with Crippen LogP contribution in [0.2, 0.25) is 0 Å². The van der Waals surface area contributed by atoms with E-state index in [2.05, 4.69) is 17.4 Å². The Labute approximate surface area is 162 Å². The van der Waals surface area contributed by atoms with Gasteiger partial charge < -0.3 is 10.4 Å². The third kappa shape index (κ3) is 7.54. The quantitative estimate of drug-likeness (QED) is 0.579. The third-order valence-corrected chi connectivity index (χ3v) is 5.88. The van der Waals surface area contributed by atoms with Gasteiger partial charge in [0.15, 0.2) is 0 Å². The van der Waals surface area contributed by atoms with Gasteiger partial charge in [-0.1, -0.05) is 42.5 Å². The van der Waals surface area contributed by atoms with Crippen molar-refractivity contribution in [2.24, 2.45) is 0 Å². The minimum absolute atomic E-state index is 0.0124. The largest absolute Gasteiger partial charge is 0.481 e. The van der Waals surface area contributed by atoms with E-state index in [1.165, 1.54) is 5.56 Å². The second-order valence-electron chi connectivity index (χ2n) is 5.82. The fourth-order valence-electron chi connectivity index (χ4n) is 2.20. The number of nitrogens with one attached hydrogen (secondary N) is 1. The van der Waals surface area contributed by atoms with E-state index in [-0.39, 0.29) is 17.6 Å². The number of benzene rings is 2. The van der Waals surface area contributed by atoms with Crippen molar-refractivity contribution in [1.29, 1.82) is 0 Å². The van der Waals surface area contributed by atoms with Crippen LogP contribution in [-0.4, -0.2) is 28.0 Å². The number of carbonyl (C=O) groups is 2. The minimum Gasteiger partial charge on any atom is -0.481 e. The van der Waals surface area contributed by atoms with E-state index < -0.39 is 5.97 Å². The fourth-order valence-corrected chi connectivity index (χ4v) is 3.93. The molecule has 2 aromatic carbocycles. The van der Waals surface area contributed by atoms with Crippen molar-refractivity contribution in [3.8, 4) is 0 Å². The van der Waals surface area contributed by atoms with Crippen LogP contribution < -0.4 is 5.32 Å². The molecule has 0 bridgehead atoms. The lowest BCUT2D eigenvalue weighted by molar-refractivity contribution is -0.136. The topological polar surface area (TPSA) is 66.4 Å². The van der Waals surface area contributed by atoms with Crippen molar-refractivity contribution in [1.82, 2.24) is 0 Å². The smallest absolute Gasteiger partial charge is 0.304 e. The predicted molar refractivity (Wildman–Crippen MR) is 111 cm³/mol. The molecule has 0 aliphatic carbocycles. The number of hydrogen-bond donors (Lipinski definition) is 2. The van der Waals surface area contributed by atoms with E-state index >= 15 is 0 Å². The predicted octanol–water partition coefficient (Wildman–Crippen LogP) is 4.65. The summed E-state index contributed by atoms with van der Waals surface area (Å²) in [6.45, 7) is 1.91. The lowest BCUT2D eigenvalue weighted by Gasteiger charge is -2.13. The molecule has 0 heterocycles. The first-order valence-electron chi connectivity index (χ1n) is 8.39. The van der Waals surface area contributed by atoms with Crippen molar-refractivity contribution < 1.29 is 14.7 Å². The van der Waals surface area contributed by atoms with E-state index in [9.17, 15) is 9.59 Å². The standard InChI is InChI=1S/C20H23NO3S2/c1-15(26-14-16-6-3-2-4-7-16)20(24)21-18-9-5-8-17(12-18)13-25-11-10-19(22)23/h2-9,12,15H,10-11,13-14H2,1H3,(H,21,24)(H,22,23).